The van der Waals surface area contributed by atoms with Crippen LogP contribution in [-0.2, 0) is 4.74 Å². The van der Waals surface area contributed by atoms with Crippen LogP contribution < -0.4 is 14.9 Å². The molecule has 4 rings (SSSR count). The Balaban J connectivity index is 1.74. The van der Waals surface area contributed by atoms with E-state index in [9.17, 15) is 25.2 Å². The average Bonchev–Trinajstić information content (AvgIpc) is 2.73. The van der Waals surface area contributed by atoms with E-state index >= 15 is 0 Å². The SMILES string of the molecule is COc1ccc(-c2cc(=O)c3c(OC4OCC(O)C(O)C4O)cc(O)cc3o2)cc1. The fourth-order valence-electron chi connectivity index (χ4n) is 3.24. The maximum atomic E-state index is 12.8. The van der Waals surface area contributed by atoms with Crippen molar-refractivity contribution < 1.29 is 39.1 Å². The largest absolute Gasteiger partial charge is 0.508 e. The van der Waals surface area contributed by atoms with E-state index < -0.39 is 30.0 Å². The minimum absolute atomic E-state index is 0.0291. The number of ether oxygens (including phenoxy) is 3. The van der Waals surface area contributed by atoms with Gasteiger partial charge in [0.15, 0.2) is 5.43 Å². The van der Waals surface area contributed by atoms with Crippen LogP contribution in [0.2, 0.25) is 0 Å². The molecule has 0 radical (unpaired) electrons. The normalized spacial score (nSPS) is 24.0. The van der Waals surface area contributed by atoms with Crippen LogP contribution >= 0.6 is 0 Å². The van der Waals surface area contributed by atoms with Gasteiger partial charge in [-0.25, -0.2) is 0 Å². The van der Waals surface area contributed by atoms with Gasteiger partial charge in [-0.1, -0.05) is 0 Å². The van der Waals surface area contributed by atoms with Gasteiger partial charge in [0, 0.05) is 23.8 Å². The quantitative estimate of drug-likeness (QED) is 0.490. The predicted octanol–water partition coefficient (Wildman–Crippen LogP) is 0.992. The van der Waals surface area contributed by atoms with Crippen LogP contribution in [0.25, 0.3) is 22.3 Å². The molecule has 0 aliphatic carbocycles. The fraction of sp³-hybridized carbons (Fsp3) is 0.286. The van der Waals surface area contributed by atoms with Gasteiger partial charge in [0.25, 0.3) is 0 Å². The van der Waals surface area contributed by atoms with E-state index in [1.165, 1.54) is 18.2 Å². The molecule has 0 spiro atoms. The van der Waals surface area contributed by atoms with Crippen molar-refractivity contribution in [2.45, 2.75) is 24.6 Å². The lowest BCUT2D eigenvalue weighted by Gasteiger charge is -2.35. The van der Waals surface area contributed by atoms with Gasteiger partial charge < -0.3 is 39.1 Å². The number of aromatic hydroxyl groups is 1. The maximum Gasteiger partial charge on any atom is 0.228 e. The van der Waals surface area contributed by atoms with Gasteiger partial charge >= 0.3 is 0 Å². The molecule has 2 heterocycles. The molecule has 1 fully saturated rings. The molecule has 4 atom stereocenters. The van der Waals surface area contributed by atoms with Crippen LogP contribution in [0.15, 0.2) is 51.7 Å². The molecule has 0 saturated carbocycles. The van der Waals surface area contributed by atoms with E-state index in [1.54, 1.807) is 31.4 Å². The average molecular weight is 416 g/mol. The van der Waals surface area contributed by atoms with Crippen molar-refractivity contribution in [3.05, 3.63) is 52.7 Å². The molecule has 0 bridgehead atoms. The summed E-state index contributed by atoms with van der Waals surface area (Å²) in [5.74, 6) is 0.596. The zero-order chi connectivity index (χ0) is 21.4. The van der Waals surface area contributed by atoms with Crippen LogP contribution in [0, 0.1) is 0 Å². The Bertz CT molecular complexity index is 1110. The van der Waals surface area contributed by atoms with Crippen LogP contribution in [0.1, 0.15) is 0 Å². The Morgan fingerprint density at radius 1 is 1.03 bits per heavy atom. The number of hydrogen-bond acceptors (Lipinski definition) is 9. The Morgan fingerprint density at radius 2 is 1.77 bits per heavy atom. The first-order valence-corrected chi connectivity index (χ1v) is 9.15. The van der Waals surface area contributed by atoms with E-state index in [-0.39, 0.29) is 34.8 Å². The number of hydrogen-bond donors (Lipinski definition) is 4. The van der Waals surface area contributed by atoms with Gasteiger partial charge in [-0.05, 0) is 24.3 Å². The minimum Gasteiger partial charge on any atom is -0.508 e. The zero-order valence-corrected chi connectivity index (χ0v) is 15.9. The van der Waals surface area contributed by atoms with Gasteiger partial charge in [0.1, 0.15) is 52.3 Å². The van der Waals surface area contributed by atoms with Gasteiger partial charge in [-0.15, -0.1) is 0 Å². The molecule has 1 aliphatic rings. The second-order valence-electron chi connectivity index (χ2n) is 6.89. The highest BCUT2D eigenvalue weighted by molar-refractivity contribution is 5.86. The minimum atomic E-state index is -1.56. The summed E-state index contributed by atoms with van der Waals surface area (Å²) in [6, 6.07) is 10.6. The molecule has 30 heavy (non-hydrogen) atoms. The molecule has 158 valence electrons. The second-order valence-corrected chi connectivity index (χ2v) is 6.89. The van der Waals surface area contributed by atoms with E-state index in [2.05, 4.69) is 0 Å². The molecular weight excluding hydrogens is 396 g/mol. The Labute approximate surface area is 170 Å². The molecule has 3 aromatic rings. The summed E-state index contributed by atoms with van der Waals surface area (Å²) in [7, 11) is 1.54. The first-order chi connectivity index (χ1) is 14.4. The highest BCUT2D eigenvalue weighted by Crippen LogP contribution is 2.33. The van der Waals surface area contributed by atoms with Crippen molar-refractivity contribution >= 4 is 11.0 Å². The standard InChI is InChI=1S/C21H20O9/c1-27-12-4-2-10(3-5-12)15-8-13(23)18-16(29-15)6-11(22)7-17(18)30-21-20(26)19(25)14(24)9-28-21/h2-8,14,19-22,24-26H,9H2,1H3. The number of methoxy groups -OCH3 is 1. The number of rotatable bonds is 4. The maximum absolute atomic E-state index is 12.8. The van der Waals surface area contributed by atoms with Crippen LogP contribution in [0.5, 0.6) is 17.2 Å². The van der Waals surface area contributed by atoms with Crippen molar-refractivity contribution in [3.63, 3.8) is 0 Å². The van der Waals surface area contributed by atoms with Crippen LogP contribution in [0.4, 0.5) is 0 Å². The summed E-state index contributed by atoms with van der Waals surface area (Å²) in [5.41, 5.74) is 0.251. The van der Waals surface area contributed by atoms with E-state index in [1.807, 2.05) is 0 Å². The zero-order valence-electron chi connectivity index (χ0n) is 15.9. The van der Waals surface area contributed by atoms with Crippen molar-refractivity contribution in [2.24, 2.45) is 0 Å². The number of fused-ring (bicyclic) bond motifs is 1. The third-order valence-corrected chi connectivity index (χ3v) is 4.85. The molecule has 9 heteroatoms. The number of phenols is 1. The Hall–Kier alpha value is -3.11. The predicted molar refractivity (Wildman–Crippen MR) is 105 cm³/mol. The highest BCUT2D eigenvalue weighted by atomic mass is 16.7. The summed E-state index contributed by atoms with van der Waals surface area (Å²) in [6.07, 6.45) is -5.66. The lowest BCUT2D eigenvalue weighted by atomic mass is 10.1. The van der Waals surface area contributed by atoms with Crippen molar-refractivity contribution in [1.29, 1.82) is 0 Å². The molecule has 4 unspecified atom stereocenters. The second kappa shape index (κ2) is 7.96. The highest BCUT2D eigenvalue weighted by Gasteiger charge is 2.39. The van der Waals surface area contributed by atoms with E-state index in [0.717, 1.165) is 0 Å². The smallest absolute Gasteiger partial charge is 0.228 e. The van der Waals surface area contributed by atoms with E-state index in [4.69, 9.17) is 18.6 Å². The Morgan fingerprint density at radius 3 is 2.47 bits per heavy atom. The summed E-state index contributed by atoms with van der Waals surface area (Å²) in [4.78, 5) is 12.8. The first kappa shape index (κ1) is 20.2. The van der Waals surface area contributed by atoms with E-state index in [0.29, 0.717) is 11.3 Å². The molecule has 0 amide bonds. The number of aliphatic hydroxyl groups is 3. The molecule has 1 aromatic heterocycles. The van der Waals surface area contributed by atoms with Crippen molar-refractivity contribution in [1.82, 2.24) is 0 Å². The van der Waals surface area contributed by atoms with Crippen LogP contribution in [-0.4, -0.2) is 58.7 Å². The number of benzene rings is 2. The lowest BCUT2D eigenvalue weighted by Crippen LogP contribution is -2.54. The third-order valence-electron chi connectivity index (χ3n) is 4.85. The number of aliphatic hydroxyl groups excluding tert-OH is 3. The van der Waals surface area contributed by atoms with Crippen molar-refractivity contribution in [2.75, 3.05) is 13.7 Å². The first-order valence-electron chi connectivity index (χ1n) is 9.15. The summed E-state index contributed by atoms with van der Waals surface area (Å²) in [6.45, 7) is -0.268. The number of phenolic OH excluding ortho intramolecular Hbond substituents is 1. The van der Waals surface area contributed by atoms with Gasteiger partial charge in [-0.2, -0.15) is 0 Å². The molecule has 1 saturated heterocycles. The summed E-state index contributed by atoms with van der Waals surface area (Å²) < 4.78 is 21.7. The molecular formula is C21H20O9. The lowest BCUT2D eigenvalue weighted by molar-refractivity contribution is -0.241. The monoisotopic (exact) mass is 416 g/mol. The molecule has 1 aliphatic heterocycles. The summed E-state index contributed by atoms with van der Waals surface area (Å²) >= 11 is 0. The molecule has 4 N–H and O–H groups in total. The molecule has 9 nitrogen and oxygen atoms in total. The topological polar surface area (TPSA) is 139 Å². The summed E-state index contributed by atoms with van der Waals surface area (Å²) in [5, 5.41) is 39.6. The third kappa shape index (κ3) is 3.71. The van der Waals surface area contributed by atoms with Crippen molar-refractivity contribution in [3.8, 4) is 28.6 Å². The van der Waals surface area contributed by atoms with Crippen LogP contribution in [0.3, 0.4) is 0 Å². The van der Waals surface area contributed by atoms with Gasteiger partial charge in [-0.3, -0.25) is 4.79 Å². The van der Waals surface area contributed by atoms with Gasteiger partial charge in [0.05, 0.1) is 13.7 Å². The van der Waals surface area contributed by atoms with Gasteiger partial charge in [0.2, 0.25) is 6.29 Å². The fourth-order valence-corrected chi connectivity index (χ4v) is 3.24. The molecule has 2 aromatic carbocycles. The Kier molecular flexibility index (Phi) is 5.35.